The van der Waals surface area contributed by atoms with Crippen molar-refractivity contribution in [2.75, 3.05) is 18.5 Å². The van der Waals surface area contributed by atoms with E-state index in [0.29, 0.717) is 18.8 Å². The molecule has 0 aliphatic rings. The van der Waals surface area contributed by atoms with Crippen LogP contribution >= 0.6 is 11.6 Å². The van der Waals surface area contributed by atoms with Gasteiger partial charge in [-0.1, -0.05) is 23.7 Å². The molecule has 0 aliphatic heterocycles. The maximum absolute atomic E-state index is 13.4. The van der Waals surface area contributed by atoms with Crippen LogP contribution in [0.5, 0.6) is 5.75 Å². The zero-order valence-electron chi connectivity index (χ0n) is 11.5. The Hall–Kier alpha value is -1.74. The van der Waals surface area contributed by atoms with Crippen molar-refractivity contribution in [3.05, 3.63) is 58.4 Å². The Bertz CT molecular complexity index is 578. The first-order valence-corrected chi connectivity index (χ1v) is 6.83. The minimum absolute atomic E-state index is 0.259. The average Bonchev–Trinajstić information content (AvgIpc) is 2.42. The molecule has 2 nitrogen and oxygen atoms in total. The zero-order valence-corrected chi connectivity index (χ0v) is 12.3. The number of benzene rings is 2. The quantitative estimate of drug-likeness (QED) is 0.814. The number of halogens is 2. The molecule has 0 heterocycles. The maximum Gasteiger partial charge on any atom is 0.146 e. The van der Waals surface area contributed by atoms with Gasteiger partial charge in [0.1, 0.15) is 18.2 Å². The molecule has 0 aliphatic carbocycles. The van der Waals surface area contributed by atoms with Crippen molar-refractivity contribution in [2.24, 2.45) is 0 Å². The van der Waals surface area contributed by atoms with Gasteiger partial charge in [-0.15, -0.1) is 0 Å². The molecule has 0 amide bonds. The van der Waals surface area contributed by atoms with Gasteiger partial charge >= 0.3 is 0 Å². The van der Waals surface area contributed by atoms with Crippen LogP contribution in [0.2, 0.25) is 5.02 Å². The molecule has 20 heavy (non-hydrogen) atoms. The number of anilines is 1. The summed E-state index contributed by atoms with van der Waals surface area (Å²) in [5, 5.41) is 3.76. The molecule has 0 fully saturated rings. The second kappa shape index (κ2) is 6.62. The van der Waals surface area contributed by atoms with Gasteiger partial charge in [0.25, 0.3) is 0 Å². The molecule has 0 aromatic heterocycles. The molecule has 2 aromatic carbocycles. The maximum atomic E-state index is 13.4. The first-order chi connectivity index (χ1) is 9.58. The molecule has 2 aromatic rings. The molecule has 0 spiro atoms. The summed E-state index contributed by atoms with van der Waals surface area (Å²) in [6, 6.07) is 10.4. The Kier molecular flexibility index (Phi) is 4.85. The predicted molar refractivity (Wildman–Crippen MR) is 81.3 cm³/mol. The van der Waals surface area contributed by atoms with Crippen LogP contribution in [-0.2, 0) is 0 Å². The van der Waals surface area contributed by atoms with Crippen molar-refractivity contribution in [1.29, 1.82) is 0 Å². The Labute approximate surface area is 123 Å². The van der Waals surface area contributed by atoms with Crippen molar-refractivity contribution in [2.45, 2.75) is 13.8 Å². The van der Waals surface area contributed by atoms with Crippen LogP contribution in [0.3, 0.4) is 0 Å². The van der Waals surface area contributed by atoms with Gasteiger partial charge < -0.3 is 10.1 Å². The number of hydrogen-bond donors (Lipinski definition) is 1. The molecule has 106 valence electrons. The summed E-state index contributed by atoms with van der Waals surface area (Å²) < 4.78 is 19.0. The minimum atomic E-state index is -0.259. The van der Waals surface area contributed by atoms with E-state index in [4.69, 9.17) is 16.3 Å². The lowest BCUT2D eigenvalue weighted by atomic mass is 10.1. The van der Waals surface area contributed by atoms with Crippen LogP contribution in [0.25, 0.3) is 0 Å². The molecule has 0 saturated carbocycles. The van der Waals surface area contributed by atoms with Gasteiger partial charge in [-0.05, 0) is 49.2 Å². The van der Waals surface area contributed by atoms with E-state index in [-0.39, 0.29) is 5.82 Å². The molecule has 0 radical (unpaired) electrons. The van der Waals surface area contributed by atoms with Crippen LogP contribution in [-0.4, -0.2) is 13.2 Å². The SMILES string of the molecule is Cc1cc(OCCNc2ccccc2F)cc(C)c1Cl. The van der Waals surface area contributed by atoms with E-state index in [1.807, 2.05) is 26.0 Å². The standard InChI is InChI=1S/C16H17ClFNO/c1-11-9-13(10-12(2)16(11)17)20-8-7-19-15-6-4-3-5-14(15)18/h3-6,9-10,19H,7-8H2,1-2H3. The summed E-state index contributed by atoms with van der Waals surface area (Å²) in [7, 11) is 0. The topological polar surface area (TPSA) is 21.3 Å². The van der Waals surface area contributed by atoms with Crippen LogP contribution in [0.4, 0.5) is 10.1 Å². The molecular formula is C16H17ClFNO. The zero-order chi connectivity index (χ0) is 14.5. The highest BCUT2D eigenvalue weighted by atomic mass is 35.5. The van der Waals surface area contributed by atoms with E-state index in [0.717, 1.165) is 21.9 Å². The fraction of sp³-hybridized carbons (Fsp3) is 0.250. The van der Waals surface area contributed by atoms with Crippen LogP contribution in [0.15, 0.2) is 36.4 Å². The molecular weight excluding hydrogens is 277 g/mol. The van der Waals surface area contributed by atoms with E-state index in [1.165, 1.54) is 6.07 Å². The van der Waals surface area contributed by atoms with E-state index >= 15 is 0 Å². The second-order valence-corrected chi connectivity index (χ2v) is 5.00. The van der Waals surface area contributed by atoms with Crippen LogP contribution < -0.4 is 10.1 Å². The average molecular weight is 294 g/mol. The summed E-state index contributed by atoms with van der Waals surface area (Å²) in [6.45, 7) is 4.87. The fourth-order valence-corrected chi connectivity index (χ4v) is 2.06. The summed E-state index contributed by atoms with van der Waals surface area (Å²) in [4.78, 5) is 0. The number of rotatable bonds is 5. The third kappa shape index (κ3) is 3.64. The lowest BCUT2D eigenvalue weighted by Crippen LogP contribution is -2.12. The molecule has 0 bridgehead atoms. The fourth-order valence-electron chi connectivity index (χ4n) is 1.95. The number of hydrogen-bond acceptors (Lipinski definition) is 2. The number of para-hydroxylation sites is 1. The van der Waals surface area contributed by atoms with Crippen molar-refractivity contribution in [3.63, 3.8) is 0 Å². The Morgan fingerprint density at radius 1 is 1.15 bits per heavy atom. The summed E-state index contributed by atoms with van der Waals surface area (Å²) >= 11 is 6.10. The normalized spacial score (nSPS) is 10.4. The monoisotopic (exact) mass is 293 g/mol. The van der Waals surface area contributed by atoms with E-state index < -0.39 is 0 Å². The van der Waals surface area contributed by atoms with E-state index in [9.17, 15) is 4.39 Å². The Morgan fingerprint density at radius 3 is 2.45 bits per heavy atom. The van der Waals surface area contributed by atoms with Crippen LogP contribution in [0.1, 0.15) is 11.1 Å². The number of aryl methyl sites for hydroxylation is 2. The van der Waals surface area contributed by atoms with Crippen molar-refractivity contribution in [1.82, 2.24) is 0 Å². The third-order valence-electron chi connectivity index (χ3n) is 2.97. The first-order valence-electron chi connectivity index (χ1n) is 6.46. The summed E-state index contributed by atoms with van der Waals surface area (Å²) in [5.41, 5.74) is 2.46. The Balaban J connectivity index is 1.86. The molecule has 0 atom stereocenters. The second-order valence-electron chi connectivity index (χ2n) is 4.63. The van der Waals surface area contributed by atoms with Gasteiger partial charge in [0.2, 0.25) is 0 Å². The summed E-state index contributed by atoms with van der Waals surface area (Å²) in [5.74, 6) is 0.519. The van der Waals surface area contributed by atoms with Crippen LogP contribution in [0, 0.1) is 19.7 Å². The molecule has 2 rings (SSSR count). The van der Waals surface area contributed by atoms with Gasteiger partial charge in [0.05, 0.1) is 5.69 Å². The number of ether oxygens (including phenoxy) is 1. The van der Waals surface area contributed by atoms with Crippen molar-refractivity contribution in [3.8, 4) is 5.75 Å². The molecule has 0 unspecified atom stereocenters. The predicted octanol–water partition coefficient (Wildman–Crippen LogP) is 4.59. The lowest BCUT2D eigenvalue weighted by molar-refractivity contribution is 0.332. The highest BCUT2D eigenvalue weighted by Gasteiger charge is 2.04. The molecule has 0 saturated heterocycles. The van der Waals surface area contributed by atoms with Gasteiger partial charge in [-0.25, -0.2) is 4.39 Å². The number of nitrogens with one attached hydrogen (secondary N) is 1. The van der Waals surface area contributed by atoms with E-state index in [1.54, 1.807) is 18.2 Å². The minimum Gasteiger partial charge on any atom is -0.492 e. The van der Waals surface area contributed by atoms with Crippen molar-refractivity contribution < 1.29 is 9.13 Å². The lowest BCUT2D eigenvalue weighted by Gasteiger charge is -2.11. The van der Waals surface area contributed by atoms with Gasteiger partial charge in [-0.2, -0.15) is 0 Å². The largest absolute Gasteiger partial charge is 0.492 e. The molecule has 4 heteroatoms. The molecule has 1 N–H and O–H groups in total. The van der Waals surface area contributed by atoms with E-state index in [2.05, 4.69) is 5.32 Å². The van der Waals surface area contributed by atoms with Gasteiger partial charge in [0.15, 0.2) is 0 Å². The highest BCUT2D eigenvalue weighted by molar-refractivity contribution is 6.32. The van der Waals surface area contributed by atoms with Gasteiger partial charge in [-0.3, -0.25) is 0 Å². The van der Waals surface area contributed by atoms with Crippen molar-refractivity contribution >= 4 is 17.3 Å². The first kappa shape index (κ1) is 14.7. The third-order valence-corrected chi connectivity index (χ3v) is 3.57. The Morgan fingerprint density at radius 2 is 1.80 bits per heavy atom. The smallest absolute Gasteiger partial charge is 0.146 e. The van der Waals surface area contributed by atoms with Gasteiger partial charge in [0, 0.05) is 11.6 Å². The summed E-state index contributed by atoms with van der Waals surface area (Å²) in [6.07, 6.45) is 0. The highest BCUT2D eigenvalue weighted by Crippen LogP contribution is 2.25.